The molecular formula is C20H18FNO3S. The Morgan fingerprint density at radius 1 is 1.15 bits per heavy atom. The molecule has 0 amide bonds. The molecule has 6 heteroatoms. The van der Waals surface area contributed by atoms with Crippen LogP contribution in [0, 0.1) is 12.7 Å². The number of esters is 1. The fourth-order valence-corrected chi connectivity index (χ4v) is 3.04. The molecule has 0 bridgehead atoms. The van der Waals surface area contributed by atoms with Crippen LogP contribution in [0.1, 0.15) is 18.2 Å². The van der Waals surface area contributed by atoms with Crippen LogP contribution in [-0.4, -0.2) is 17.1 Å². The molecule has 2 aromatic carbocycles. The van der Waals surface area contributed by atoms with Crippen LogP contribution in [0.3, 0.4) is 0 Å². The summed E-state index contributed by atoms with van der Waals surface area (Å²) in [7, 11) is 0. The van der Waals surface area contributed by atoms with Crippen molar-refractivity contribution in [3.63, 3.8) is 0 Å². The molecule has 0 aliphatic rings. The van der Waals surface area contributed by atoms with Gasteiger partial charge in [0, 0.05) is 10.9 Å². The molecule has 0 saturated heterocycles. The first kappa shape index (κ1) is 18.1. The first-order valence-corrected chi connectivity index (χ1v) is 8.99. The molecule has 0 saturated carbocycles. The fourth-order valence-electron chi connectivity index (χ4n) is 2.23. The van der Waals surface area contributed by atoms with E-state index in [1.54, 1.807) is 6.92 Å². The zero-order valence-corrected chi connectivity index (χ0v) is 15.3. The number of nitrogens with zero attached hydrogens (tertiary/aromatic N) is 1. The lowest BCUT2D eigenvalue weighted by Crippen LogP contribution is -2.26. The highest BCUT2D eigenvalue weighted by Crippen LogP contribution is 2.24. The third kappa shape index (κ3) is 4.67. The molecule has 134 valence electrons. The molecule has 0 spiro atoms. The number of hydrogen-bond acceptors (Lipinski definition) is 5. The van der Waals surface area contributed by atoms with E-state index in [1.165, 1.54) is 41.2 Å². The first-order chi connectivity index (χ1) is 12.5. The van der Waals surface area contributed by atoms with Crippen LogP contribution in [0.15, 0.2) is 53.9 Å². The summed E-state index contributed by atoms with van der Waals surface area (Å²) in [6.07, 6.45) is -0.796. The lowest BCUT2D eigenvalue weighted by atomic mass is 10.2. The quantitative estimate of drug-likeness (QED) is 0.586. The van der Waals surface area contributed by atoms with Crippen molar-refractivity contribution in [2.75, 3.05) is 0 Å². The summed E-state index contributed by atoms with van der Waals surface area (Å²) in [4.78, 5) is 16.6. The van der Waals surface area contributed by atoms with E-state index in [0.717, 1.165) is 10.6 Å². The number of ether oxygens (including phenoxy) is 2. The van der Waals surface area contributed by atoms with E-state index >= 15 is 0 Å². The van der Waals surface area contributed by atoms with Gasteiger partial charge in [0.1, 0.15) is 23.2 Å². The van der Waals surface area contributed by atoms with Crippen LogP contribution in [-0.2, 0) is 16.1 Å². The van der Waals surface area contributed by atoms with Crippen molar-refractivity contribution in [3.05, 3.63) is 71.0 Å². The van der Waals surface area contributed by atoms with Crippen molar-refractivity contribution in [1.29, 1.82) is 0 Å². The van der Waals surface area contributed by atoms with E-state index in [9.17, 15) is 9.18 Å². The van der Waals surface area contributed by atoms with E-state index in [1.807, 2.05) is 36.6 Å². The summed E-state index contributed by atoms with van der Waals surface area (Å²) in [5, 5.41) is 2.75. The number of aromatic nitrogens is 1. The van der Waals surface area contributed by atoms with E-state index < -0.39 is 12.1 Å². The third-order valence-corrected chi connectivity index (χ3v) is 4.61. The number of aryl methyl sites for hydroxylation is 1. The minimum atomic E-state index is -0.796. The van der Waals surface area contributed by atoms with Gasteiger partial charge in [-0.05, 0) is 38.1 Å². The highest BCUT2D eigenvalue weighted by atomic mass is 32.1. The Morgan fingerprint density at radius 2 is 1.85 bits per heavy atom. The Balaban J connectivity index is 1.54. The Kier molecular flexibility index (Phi) is 5.63. The zero-order valence-electron chi connectivity index (χ0n) is 14.4. The Bertz CT molecular complexity index is 875. The molecule has 0 aliphatic heterocycles. The van der Waals surface area contributed by atoms with Gasteiger partial charge in [-0.15, -0.1) is 11.3 Å². The van der Waals surface area contributed by atoms with Gasteiger partial charge >= 0.3 is 5.97 Å². The second kappa shape index (κ2) is 8.10. The molecular weight excluding hydrogens is 353 g/mol. The third-order valence-electron chi connectivity index (χ3n) is 3.67. The number of carbonyl (C=O) groups excluding carboxylic acids is 1. The summed E-state index contributed by atoms with van der Waals surface area (Å²) in [6.45, 7) is 3.70. The van der Waals surface area contributed by atoms with Crippen molar-refractivity contribution in [2.24, 2.45) is 0 Å². The topological polar surface area (TPSA) is 48.4 Å². The molecule has 0 unspecified atom stereocenters. The smallest absolute Gasteiger partial charge is 0.347 e. The predicted molar refractivity (Wildman–Crippen MR) is 98.6 cm³/mol. The summed E-state index contributed by atoms with van der Waals surface area (Å²) in [5.74, 6) is -0.453. The lowest BCUT2D eigenvalue weighted by Gasteiger charge is -2.13. The molecule has 1 heterocycles. The maximum absolute atomic E-state index is 12.9. The second-order valence-electron chi connectivity index (χ2n) is 5.83. The molecule has 3 rings (SSSR count). The maximum Gasteiger partial charge on any atom is 0.347 e. The van der Waals surface area contributed by atoms with Crippen molar-refractivity contribution in [3.8, 4) is 16.3 Å². The zero-order chi connectivity index (χ0) is 18.5. The Labute approximate surface area is 155 Å². The summed E-state index contributed by atoms with van der Waals surface area (Å²) in [6, 6.07) is 13.6. The van der Waals surface area contributed by atoms with Crippen LogP contribution in [0.5, 0.6) is 5.75 Å². The number of thiazole rings is 1. The average Bonchev–Trinajstić information content (AvgIpc) is 3.11. The summed E-state index contributed by atoms with van der Waals surface area (Å²) >= 11 is 1.50. The van der Waals surface area contributed by atoms with Crippen LogP contribution >= 0.6 is 11.3 Å². The molecule has 0 N–H and O–H groups in total. The molecule has 0 aliphatic carbocycles. The van der Waals surface area contributed by atoms with Gasteiger partial charge in [-0.25, -0.2) is 14.2 Å². The van der Waals surface area contributed by atoms with Gasteiger partial charge < -0.3 is 9.47 Å². The van der Waals surface area contributed by atoms with Gasteiger partial charge in [0.25, 0.3) is 0 Å². The van der Waals surface area contributed by atoms with Gasteiger partial charge in [-0.1, -0.05) is 29.8 Å². The number of benzene rings is 2. The Hall–Kier alpha value is -2.73. The first-order valence-electron chi connectivity index (χ1n) is 8.11. The number of hydrogen-bond donors (Lipinski definition) is 0. The van der Waals surface area contributed by atoms with Crippen molar-refractivity contribution in [2.45, 2.75) is 26.6 Å². The maximum atomic E-state index is 12.9. The minimum Gasteiger partial charge on any atom is -0.479 e. The minimum absolute atomic E-state index is 0.0817. The van der Waals surface area contributed by atoms with Gasteiger partial charge in [-0.2, -0.15) is 0 Å². The van der Waals surface area contributed by atoms with E-state index in [-0.39, 0.29) is 12.4 Å². The molecule has 0 fully saturated rings. The van der Waals surface area contributed by atoms with E-state index in [2.05, 4.69) is 4.98 Å². The monoisotopic (exact) mass is 371 g/mol. The fraction of sp³-hybridized carbons (Fsp3) is 0.200. The highest BCUT2D eigenvalue weighted by molar-refractivity contribution is 7.13. The largest absolute Gasteiger partial charge is 0.479 e. The van der Waals surface area contributed by atoms with E-state index in [4.69, 9.17) is 9.47 Å². The number of halogens is 1. The molecule has 26 heavy (non-hydrogen) atoms. The Morgan fingerprint density at radius 3 is 2.54 bits per heavy atom. The van der Waals surface area contributed by atoms with Crippen LogP contribution in [0.4, 0.5) is 4.39 Å². The van der Waals surface area contributed by atoms with E-state index in [0.29, 0.717) is 11.4 Å². The van der Waals surface area contributed by atoms with Gasteiger partial charge in [0.15, 0.2) is 6.10 Å². The molecule has 3 aromatic rings. The summed E-state index contributed by atoms with van der Waals surface area (Å²) < 4.78 is 23.6. The lowest BCUT2D eigenvalue weighted by molar-refractivity contribution is -0.152. The second-order valence-corrected chi connectivity index (χ2v) is 6.69. The summed E-state index contributed by atoms with van der Waals surface area (Å²) in [5.41, 5.74) is 2.91. The van der Waals surface area contributed by atoms with Gasteiger partial charge in [0.2, 0.25) is 0 Å². The van der Waals surface area contributed by atoms with Gasteiger partial charge in [0.05, 0.1) is 5.69 Å². The molecule has 1 aromatic heterocycles. The van der Waals surface area contributed by atoms with Crippen LogP contribution in [0.2, 0.25) is 0 Å². The number of carbonyl (C=O) groups is 1. The SMILES string of the molecule is Cc1ccc(-c2nc(COC(=O)[C@@H](C)Oc3ccc(F)cc3)cs2)cc1. The van der Waals surface area contributed by atoms with Gasteiger partial charge in [-0.3, -0.25) is 0 Å². The van der Waals surface area contributed by atoms with Crippen LogP contribution < -0.4 is 4.74 Å². The van der Waals surface area contributed by atoms with Crippen molar-refractivity contribution < 1.29 is 18.7 Å². The van der Waals surface area contributed by atoms with Crippen molar-refractivity contribution in [1.82, 2.24) is 4.98 Å². The standard InChI is InChI=1S/C20H18FNO3S/c1-13-3-5-15(6-4-13)19-22-17(12-26-19)11-24-20(23)14(2)25-18-9-7-16(21)8-10-18/h3-10,12,14H,11H2,1-2H3/t14-/m1/s1. The highest BCUT2D eigenvalue weighted by Gasteiger charge is 2.17. The normalized spacial score (nSPS) is 11.8. The number of rotatable bonds is 6. The average molecular weight is 371 g/mol. The van der Waals surface area contributed by atoms with Crippen molar-refractivity contribution >= 4 is 17.3 Å². The molecule has 4 nitrogen and oxygen atoms in total. The van der Waals surface area contributed by atoms with Crippen LogP contribution in [0.25, 0.3) is 10.6 Å². The molecule has 0 radical (unpaired) electrons. The molecule has 1 atom stereocenters. The predicted octanol–water partition coefficient (Wildman–Crippen LogP) is 4.77.